The number of nitrogens with one attached hydrogen (secondary N) is 1. The van der Waals surface area contributed by atoms with Crippen LogP contribution in [0.1, 0.15) is 65.7 Å². The molecule has 3 fully saturated rings. The number of carbonyl (C=O) groups is 1. The van der Waals surface area contributed by atoms with E-state index in [1.807, 2.05) is 20.8 Å². The van der Waals surface area contributed by atoms with Crippen molar-refractivity contribution in [3.8, 4) is 0 Å². The first-order valence-corrected chi connectivity index (χ1v) is 7.50. The van der Waals surface area contributed by atoms with E-state index < -0.39 is 5.60 Å². The molecule has 0 spiro atoms. The van der Waals surface area contributed by atoms with Gasteiger partial charge in [-0.3, -0.25) is 0 Å². The molecule has 4 heteroatoms. The Labute approximate surface area is 116 Å². The predicted octanol–water partition coefficient (Wildman–Crippen LogP) is 2.95. The lowest BCUT2D eigenvalue weighted by atomic mass is 9.56. The smallest absolute Gasteiger partial charge is 0.408 e. The van der Waals surface area contributed by atoms with Crippen molar-refractivity contribution in [2.45, 2.75) is 76.9 Å². The van der Waals surface area contributed by atoms with E-state index in [4.69, 9.17) is 10.5 Å². The summed E-state index contributed by atoms with van der Waals surface area (Å²) in [5, 5.41) is 3.14. The first kappa shape index (κ1) is 14.6. The van der Waals surface area contributed by atoms with E-state index >= 15 is 0 Å². The second-order valence-electron chi connectivity index (χ2n) is 7.45. The number of rotatable bonds is 3. The third kappa shape index (κ3) is 3.41. The molecule has 3 saturated carbocycles. The molecule has 0 aromatic carbocycles. The maximum Gasteiger partial charge on any atom is 0.408 e. The van der Waals surface area contributed by atoms with E-state index in [1.54, 1.807) is 0 Å². The van der Waals surface area contributed by atoms with Crippen LogP contribution in [-0.4, -0.2) is 23.8 Å². The van der Waals surface area contributed by atoms with Crippen molar-refractivity contribution in [1.82, 2.24) is 5.32 Å². The Balaban J connectivity index is 1.92. The highest BCUT2D eigenvalue weighted by Crippen LogP contribution is 2.53. The van der Waals surface area contributed by atoms with Gasteiger partial charge in [-0.25, -0.2) is 4.79 Å². The third-order valence-electron chi connectivity index (χ3n) is 4.84. The van der Waals surface area contributed by atoms with Crippen molar-refractivity contribution in [3.05, 3.63) is 0 Å². The van der Waals surface area contributed by atoms with Gasteiger partial charge in [-0.2, -0.15) is 0 Å². The van der Waals surface area contributed by atoms with Crippen LogP contribution in [0.4, 0.5) is 4.79 Å². The zero-order chi connectivity index (χ0) is 14.1. The molecule has 0 aromatic rings. The number of hydrogen-bond acceptors (Lipinski definition) is 3. The molecule has 0 aromatic heterocycles. The Morgan fingerprint density at radius 2 is 1.68 bits per heavy atom. The summed E-state index contributed by atoms with van der Waals surface area (Å²) in [5.41, 5.74) is 5.76. The second-order valence-corrected chi connectivity index (χ2v) is 7.45. The zero-order valence-corrected chi connectivity index (χ0v) is 12.6. The van der Waals surface area contributed by atoms with Gasteiger partial charge in [0.15, 0.2) is 0 Å². The first-order chi connectivity index (χ1) is 8.78. The quantitative estimate of drug-likeness (QED) is 0.827. The van der Waals surface area contributed by atoms with Crippen molar-refractivity contribution >= 4 is 6.09 Å². The van der Waals surface area contributed by atoms with E-state index in [0.29, 0.717) is 5.41 Å². The van der Waals surface area contributed by atoms with Gasteiger partial charge in [0.05, 0.1) is 0 Å². The van der Waals surface area contributed by atoms with Crippen LogP contribution in [0.15, 0.2) is 0 Å². The Hall–Kier alpha value is -0.770. The average Bonchev–Trinajstić information content (AvgIpc) is 2.29. The topological polar surface area (TPSA) is 64.3 Å². The van der Waals surface area contributed by atoms with E-state index in [2.05, 4.69) is 5.32 Å². The predicted molar refractivity (Wildman–Crippen MR) is 75.9 cm³/mol. The van der Waals surface area contributed by atoms with E-state index in [0.717, 1.165) is 32.2 Å². The van der Waals surface area contributed by atoms with Gasteiger partial charge in [0.1, 0.15) is 5.60 Å². The number of ether oxygens (including phenoxy) is 1. The minimum atomic E-state index is -0.423. The molecule has 3 rings (SSSR count). The molecule has 0 atom stereocenters. The maximum absolute atomic E-state index is 12.0. The van der Waals surface area contributed by atoms with Crippen LogP contribution in [0.3, 0.4) is 0 Å². The fourth-order valence-corrected chi connectivity index (χ4v) is 3.65. The highest BCUT2D eigenvalue weighted by Gasteiger charge is 2.49. The lowest BCUT2D eigenvalue weighted by molar-refractivity contribution is 0.00183. The zero-order valence-electron chi connectivity index (χ0n) is 12.6. The molecular formula is C15H28N2O2. The Kier molecular flexibility index (Phi) is 3.83. The summed E-state index contributed by atoms with van der Waals surface area (Å²) in [6.45, 7) is 6.49. The van der Waals surface area contributed by atoms with E-state index in [9.17, 15) is 4.79 Å². The Morgan fingerprint density at radius 3 is 2.11 bits per heavy atom. The van der Waals surface area contributed by atoms with Gasteiger partial charge in [-0.05, 0) is 77.7 Å². The van der Waals surface area contributed by atoms with Crippen LogP contribution in [0.5, 0.6) is 0 Å². The molecule has 3 aliphatic rings. The first-order valence-electron chi connectivity index (χ1n) is 7.50. The lowest BCUT2D eigenvalue weighted by Gasteiger charge is -2.53. The minimum absolute atomic E-state index is 0.0152. The Bertz CT molecular complexity index is 322. The molecule has 3 aliphatic carbocycles. The SMILES string of the molecule is CC(C)(C)OC(=O)NC12CCC(CCN)(CC1)CC2. The van der Waals surface area contributed by atoms with Gasteiger partial charge in [-0.1, -0.05) is 0 Å². The van der Waals surface area contributed by atoms with E-state index in [-0.39, 0.29) is 11.6 Å². The summed E-state index contributed by atoms with van der Waals surface area (Å²) >= 11 is 0. The van der Waals surface area contributed by atoms with Crippen LogP contribution in [-0.2, 0) is 4.74 Å². The van der Waals surface area contributed by atoms with Crippen LogP contribution >= 0.6 is 0 Å². The van der Waals surface area contributed by atoms with Crippen molar-refractivity contribution in [3.63, 3.8) is 0 Å². The standard InChI is InChI=1S/C15H28N2O2/c1-13(2,3)19-12(18)17-15-7-4-14(5-8-15,6-9-15)10-11-16/h4-11,16H2,1-3H3,(H,17,18). The van der Waals surface area contributed by atoms with E-state index in [1.165, 1.54) is 19.3 Å². The van der Waals surface area contributed by atoms with Crippen LogP contribution in [0.2, 0.25) is 0 Å². The number of carbonyl (C=O) groups excluding carboxylic acids is 1. The Morgan fingerprint density at radius 1 is 1.16 bits per heavy atom. The third-order valence-corrected chi connectivity index (χ3v) is 4.84. The molecule has 4 nitrogen and oxygen atoms in total. The van der Waals surface area contributed by atoms with Crippen molar-refractivity contribution in [2.75, 3.05) is 6.54 Å². The molecular weight excluding hydrogens is 240 g/mol. The molecule has 2 bridgehead atoms. The molecule has 0 heterocycles. The van der Waals surface area contributed by atoms with Gasteiger partial charge >= 0.3 is 6.09 Å². The monoisotopic (exact) mass is 268 g/mol. The largest absolute Gasteiger partial charge is 0.444 e. The summed E-state index contributed by atoms with van der Waals surface area (Å²) in [6, 6.07) is 0. The normalized spacial score (nSPS) is 34.1. The molecule has 19 heavy (non-hydrogen) atoms. The van der Waals surface area contributed by atoms with Crippen molar-refractivity contribution in [1.29, 1.82) is 0 Å². The summed E-state index contributed by atoms with van der Waals surface area (Å²) in [4.78, 5) is 12.0. The average molecular weight is 268 g/mol. The van der Waals surface area contributed by atoms with Crippen LogP contribution < -0.4 is 11.1 Å². The second kappa shape index (κ2) is 4.97. The number of fused-ring (bicyclic) bond motifs is 3. The summed E-state index contributed by atoms with van der Waals surface area (Å²) < 4.78 is 5.39. The van der Waals surface area contributed by atoms with Gasteiger partial charge < -0.3 is 15.8 Å². The fraction of sp³-hybridized carbons (Fsp3) is 0.933. The number of alkyl carbamates (subject to hydrolysis) is 1. The lowest BCUT2D eigenvalue weighted by Crippen LogP contribution is -2.57. The number of amides is 1. The summed E-state index contributed by atoms with van der Waals surface area (Å²) in [7, 11) is 0. The molecule has 110 valence electrons. The minimum Gasteiger partial charge on any atom is -0.444 e. The van der Waals surface area contributed by atoms with Gasteiger partial charge in [0.2, 0.25) is 0 Å². The summed E-state index contributed by atoms with van der Waals surface area (Å²) in [5.74, 6) is 0. The van der Waals surface area contributed by atoms with Crippen molar-refractivity contribution in [2.24, 2.45) is 11.1 Å². The van der Waals surface area contributed by atoms with Gasteiger partial charge in [0.25, 0.3) is 0 Å². The molecule has 0 unspecified atom stereocenters. The van der Waals surface area contributed by atoms with Crippen LogP contribution in [0, 0.1) is 5.41 Å². The molecule has 0 saturated heterocycles. The molecule has 1 amide bonds. The molecule has 0 aliphatic heterocycles. The number of nitrogens with two attached hydrogens (primary N) is 1. The molecule has 3 N–H and O–H groups in total. The van der Waals surface area contributed by atoms with Crippen LogP contribution in [0.25, 0.3) is 0 Å². The van der Waals surface area contributed by atoms with Gasteiger partial charge in [0, 0.05) is 5.54 Å². The highest BCUT2D eigenvalue weighted by molar-refractivity contribution is 5.68. The molecule has 0 radical (unpaired) electrons. The maximum atomic E-state index is 12.0. The van der Waals surface area contributed by atoms with Crippen molar-refractivity contribution < 1.29 is 9.53 Å². The van der Waals surface area contributed by atoms with Gasteiger partial charge in [-0.15, -0.1) is 0 Å². The number of hydrogen-bond donors (Lipinski definition) is 2. The summed E-state index contributed by atoms with van der Waals surface area (Å²) in [6.07, 6.45) is 7.68. The highest BCUT2D eigenvalue weighted by atomic mass is 16.6. The fourth-order valence-electron chi connectivity index (χ4n) is 3.65.